The second-order valence-electron chi connectivity index (χ2n) is 0.649. The van der Waals surface area contributed by atoms with Crippen molar-refractivity contribution in [1.29, 1.82) is 0 Å². The molecule has 2 radical (unpaired) electrons. The van der Waals surface area contributed by atoms with Gasteiger partial charge in [0.25, 0.3) is 0 Å². The van der Waals surface area contributed by atoms with Crippen LogP contribution in [0.15, 0.2) is 0 Å². The SMILES string of the molecule is C[CH2][Sn][O]O[O-]. The van der Waals surface area contributed by atoms with Crippen LogP contribution in [0.3, 0.4) is 0 Å². The molecule has 0 heterocycles. The van der Waals surface area contributed by atoms with Crippen LogP contribution in [-0.4, -0.2) is 21.6 Å². The summed E-state index contributed by atoms with van der Waals surface area (Å²) in [6.07, 6.45) is 0. The fourth-order valence-corrected chi connectivity index (χ4v) is 0.557. The van der Waals surface area contributed by atoms with E-state index in [1.54, 1.807) is 0 Å². The number of hydrogen-bond donors (Lipinski definition) is 0. The van der Waals surface area contributed by atoms with Crippen molar-refractivity contribution in [3.05, 3.63) is 0 Å². The van der Waals surface area contributed by atoms with Crippen LogP contribution in [0.4, 0.5) is 0 Å². The van der Waals surface area contributed by atoms with Crippen molar-refractivity contribution < 1.29 is 13.5 Å². The van der Waals surface area contributed by atoms with E-state index in [0.717, 1.165) is 4.44 Å². The standard InChI is InChI=1S/C2H5.H2O3.Sn/c1-2;1-3-2;/h1H2,2H3;1-2H;/q;;+1/p-2. The fourth-order valence-electron chi connectivity index (χ4n) is 0.0830. The Hall–Kier alpha value is 0.679. The molecule has 0 aliphatic heterocycles. The first kappa shape index (κ1) is 6.68. The van der Waals surface area contributed by atoms with Gasteiger partial charge in [-0.1, -0.05) is 0 Å². The zero-order chi connectivity index (χ0) is 4.83. The van der Waals surface area contributed by atoms with Crippen LogP contribution in [0.25, 0.3) is 0 Å². The molecule has 0 spiro atoms. The molecule has 0 rings (SSSR count). The molecular formula is C2H5O3Sn-. The second kappa shape index (κ2) is 5.68. The van der Waals surface area contributed by atoms with E-state index in [-0.39, 0.29) is 0 Å². The molecule has 0 unspecified atom stereocenters. The van der Waals surface area contributed by atoms with Crippen LogP contribution in [0.2, 0.25) is 4.44 Å². The molecule has 36 valence electrons. The van der Waals surface area contributed by atoms with Crippen LogP contribution in [0.5, 0.6) is 0 Å². The summed E-state index contributed by atoms with van der Waals surface area (Å²) in [7, 11) is 0. The topological polar surface area (TPSA) is 41.5 Å². The Morgan fingerprint density at radius 2 is 2.50 bits per heavy atom. The van der Waals surface area contributed by atoms with Crippen LogP contribution in [0.1, 0.15) is 6.92 Å². The van der Waals surface area contributed by atoms with E-state index in [2.05, 4.69) is 8.26 Å². The summed E-state index contributed by atoms with van der Waals surface area (Å²) in [6.45, 7) is 1.96. The van der Waals surface area contributed by atoms with E-state index in [1.165, 1.54) is 0 Å². The van der Waals surface area contributed by atoms with Crippen molar-refractivity contribution >= 4 is 21.6 Å². The Morgan fingerprint density at radius 3 is 2.67 bits per heavy atom. The summed E-state index contributed by atoms with van der Waals surface area (Å²) >= 11 is -0.835. The van der Waals surface area contributed by atoms with E-state index >= 15 is 0 Å². The molecule has 0 N–H and O–H groups in total. The zero-order valence-electron chi connectivity index (χ0n) is 3.43. The zero-order valence-corrected chi connectivity index (χ0v) is 6.29. The maximum absolute atomic E-state index is 9.01. The van der Waals surface area contributed by atoms with Gasteiger partial charge in [0.15, 0.2) is 0 Å². The van der Waals surface area contributed by atoms with Crippen molar-refractivity contribution in [3.8, 4) is 0 Å². The van der Waals surface area contributed by atoms with E-state index in [0.29, 0.717) is 0 Å². The van der Waals surface area contributed by atoms with Crippen molar-refractivity contribution in [2.24, 2.45) is 0 Å². The molecular weight excluding hydrogens is 191 g/mol. The number of hydrogen-bond acceptors (Lipinski definition) is 3. The van der Waals surface area contributed by atoms with E-state index in [9.17, 15) is 0 Å². The molecule has 0 aromatic carbocycles. The summed E-state index contributed by atoms with van der Waals surface area (Å²) in [5.74, 6) is 0. The van der Waals surface area contributed by atoms with Gasteiger partial charge in [-0.15, -0.1) is 0 Å². The van der Waals surface area contributed by atoms with Gasteiger partial charge in [0.2, 0.25) is 0 Å². The minimum atomic E-state index is -0.835. The minimum absolute atomic E-state index is 0.835. The Labute approximate surface area is 46.9 Å². The molecule has 0 aromatic rings. The van der Waals surface area contributed by atoms with Crippen molar-refractivity contribution in [3.63, 3.8) is 0 Å². The molecule has 6 heavy (non-hydrogen) atoms. The summed E-state index contributed by atoms with van der Waals surface area (Å²) < 4.78 is 5.07. The molecule has 0 saturated heterocycles. The fraction of sp³-hybridized carbons (Fsp3) is 1.00. The third kappa shape index (κ3) is 4.68. The first-order valence-electron chi connectivity index (χ1n) is 1.60. The Morgan fingerprint density at radius 1 is 1.83 bits per heavy atom. The average molecular weight is 196 g/mol. The van der Waals surface area contributed by atoms with Gasteiger partial charge in [-0.2, -0.15) is 0 Å². The Kier molecular flexibility index (Phi) is 6.32. The van der Waals surface area contributed by atoms with Crippen LogP contribution in [0, 0.1) is 0 Å². The molecule has 0 atom stereocenters. The van der Waals surface area contributed by atoms with E-state index < -0.39 is 21.6 Å². The van der Waals surface area contributed by atoms with Gasteiger partial charge in [0.05, 0.1) is 0 Å². The monoisotopic (exact) mass is 197 g/mol. The van der Waals surface area contributed by atoms with Gasteiger partial charge in [0, 0.05) is 0 Å². The third-order valence-corrected chi connectivity index (χ3v) is 1.59. The summed E-state index contributed by atoms with van der Waals surface area (Å²) in [5, 5.41) is 12.1. The first-order valence-corrected chi connectivity index (χ1v) is 4.78. The molecule has 0 amide bonds. The number of rotatable bonds is 3. The molecule has 0 fully saturated rings. The third-order valence-electron chi connectivity index (χ3n) is 0.237. The van der Waals surface area contributed by atoms with Gasteiger partial charge in [-0.3, -0.25) is 0 Å². The summed E-state index contributed by atoms with van der Waals surface area (Å²) in [5.41, 5.74) is 0. The summed E-state index contributed by atoms with van der Waals surface area (Å²) in [6, 6.07) is 0. The van der Waals surface area contributed by atoms with Crippen molar-refractivity contribution in [1.82, 2.24) is 0 Å². The van der Waals surface area contributed by atoms with E-state index in [1.807, 2.05) is 6.92 Å². The Balaban J connectivity index is 2.34. The van der Waals surface area contributed by atoms with Crippen molar-refractivity contribution in [2.75, 3.05) is 0 Å². The molecule has 0 saturated carbocycles. The van der Waals surface area contributed by atoms with Crippen LogP contribution in [-0.2, 0) is 8.26 Å². The van der Waals surface area contributed by atoms with Gasteiger partial charge in [0.1, 0.15) is 0 Å². The van der Waals surface area contributed by atoms with Gasteiger partial charge >= 0.3 is 46.4 Å². The van der Waals surface area contributed by atoms with Crippen molar-refractivity contribution in [2.45, 2.75) is 11.4 Å². The van der Waals surface area contributed by atoms with Gasteiger partial charge in [-0.25, -0.2) is 0 Å². The molecule has 0 aliphatic rings. The normalized spacial score (nSPS) is 9.00. The predicted octanol–water partition coefficient (Wildman–Crippen LogP) is -0.733. The molecule has 3 nitrogen and oxygen atoms in total. The average Bonchev–Trinajstić information content (AvgIpc) is 1.61. The predicted molar refractivity (Wildman–Crippen MR) is 18.4 cm³/mol. The van der Waals surface area contributed by atoms with Crippen LogP contribution < -0.4 is 5.26 Å². The van der Waals surface area contributed by atoms with Gasteiger partial charge in [-0.05, 0) is 0 Å². The molecule has 0 bridgehead atoms. The molecule has 4 heteroatoms. The summed E-state index contributed by atoms with van der Waals surface area (Å²) in [4.78, 5) is 0. The second-order valence-corrected chi connectivity index (χ2v) is 3.97. The van der Waals surface area contributed by atoms with Crippen LogP contribution >= 0.6 is 0 Å². The van der Waals surface area contributed by atoms with E-state index in [4.69, 9.17) is 5.26 Å². The van der Waals surface area contributed by atoms with Gasteiger partial charge < -0.3 is 0 Å². The molecule has 0 aromatic heterocycles. The first-order chi connectivity index (χ1) is 2.91. The molecule has 0 aliphatic carbocycles. The Bertz CT molecular complexity index is 20.8. The quantitative estimate of drug-likeness (QED) is 0.258. The maximum atomic E-state index is 9.01.